The maximum atomic E-state index is 12.9. The van der Waals surface area contributed by atoms with Crippen LogP contribution in [0, 0.1) is 53.4 Å². The van der Waals surface area contributed by atoms with Crippen LogP contribution in [0.5, 0.6) is 0 Å². The Morgan fingerprint density at radius 2 is 1.07 bits per heavy atom. The van der Waals surface area contributed by atoms with Gasteiger partial charge in [-0.25, -0.2) is 0 Å². The third-order valence-electron chi connectivity index (χ3n) is 12.6. The molecule has 0 radical (unpaired) electrons. The molecule has 2 amide bonds. The summed E-state index contributed by atoms with van der Waals surface area (Å²) in [7, 11) is 4.34. The smallest absolute Gasteiger partial charge is 0.253 e. The highest BCUT2D eigenvalue weighted by Crippen LogP contribution is 2.41. The second-order valence-corrected chi connectivity index (χ2v) is 18.8. The molecule has 4 aromatic heterocycles. The number of nitrogens with one attached hydrogen (secondary N) is 4. The number of carbonyl (C=O) groups is 2. The number of nitrogens with zero attached hydrogens (tertiary/aromatic N) is 1. The van der Waals surface area contributed by atoms with Crippen LogP contribution < -0.4 is 27.5 Å². The molecule has 0 spiro atoms. The summed E-state index contributed by atoms with van der Waals surface area (Å²) in [6.45, 7) is 16.2. The first-order chi connectivity index (χ1) is 28.5. The third kappa shape index (κ3) is 11.1. The van der Waals surface area contributed by atoms with Crippen molar-refractivity contribution in [2.75, 3.05) is 14.1 Å². The number of allylic oxidation sites excluding steroid dienone is 4. The van der Waals surface area contributed by atoms with Crippen molar-refractivity contribution < 1.29 is 9.59 Å². The number of aromatic nitrogens is 2. The van der Waals surface area contributed by atoms with E-state index in [-0.39, 0.29) is 36.0 Å². The Labute approximate surface area is 364 Å². The second-order valence-electron chi connectivity index (χ2n) is 17.0. The van der Waals surface area contributed by atoms with Crippen LogP contribution in [-0.2, 0) is 13.1 Å². The highest BCUT2D eigenvalue weighted by molar-refractivity contribution is 7.12. The lowest BCUT2D eigenvalue weighted by atomic mass is 9.80. The fourth-order valence-corrected chi connectivity index (χ4v) is 11.5. The van der Waals surface area contributed by atoms with Crippen molar-refractivity contribution in [2.24, 2.45) is 17.6 Å². The molecule has 6 N–H and O–H groups in total. The number of thiophene rings is 2. The van der Waals surface area contributed by atoms with Crippen molar-refractivity contribution in [3.8, 4) is 0 Å². The maximum Gasteiger partial charge on any atom is 0.253 e. The minimum atomic E-state index is -0.141. The van der Waals surface area contributed by atoms with Crippen molar-refractivity contribution in [3.05, 3.63) is 121 Å². The molecular formula is C48H66N6O4S2. The molecule has 2 aliphatic rings. The highest BCUT2D eigenvalue weighted by Gasteiger charge is 2.28. The number of amides is 2. The third-order valence-corrected chi connectivity index (χ3v) is 14.9. The Morgan fingerprint density at radius 1 is 0.683 bits per heavy atom. The van der Waals surface area contributed by atoms with E-state index >= 15 is 0 Å². The first kappa shape index (κ1) is 46.7. The molecule has 0 aromatic carbocycles. The van der Waals surface area contributed by atoms with E-state index in [0.29, 0.717) is 46.2 Å². The average molecular weight is 855 g/mol. The number of aromatic amines is 2. The number of rotatable bonds is 11. The van der Waals surface area contributed by atoms with Gasteiger partial charge in [-0.15, -0.1) is 22.7 Å². The monoisotopic (exact) mass is 854 g/mol. The summed E-state index contributed by atoms with van der Waals surface area (Å²) in [5.74, 6) is 0.821. The summed E-state index contributed by atoms with van der Waals surface area (Å²) in [5.41, 5.74) is 16.6. The van der Waals surface area contributed by atoms with Crippen LogP contribution in [0.3, 0.4) is 0 Å². The van der Waals surface area contributed by atoms with Crippen LogP contribution in [0.2, 0.25) is 0 Å². The second kappa shape index (κ2) is 20.9. The Morgan fingerprint density at radius 3 is 1.42 bits per heavy atom. The number of nitrogens with two attached hydrogens (primary N) is 1. The van der Waals surface area contributed by atoms with Gasteiger partial charge in [-0.05, 0) is 178 Å². The normalized spacial score (nSPS) is 19.8. The Kier molecular flexibility index (Phi) is 16.3. The quantitative estimate of drug-likeness (QED) is 0.102. The van der Waals surface area contributed by atoms with E-state index < -0.39 is 0 Å². The zero-order chi connectivity index (χ0) is 43.8. The summed E-state index contributed by atoms with van der Waals surface area (Å²) in [4.78, 5) is 60.5. The minimum Gasteiger partial charge on any atom is -0.348 e. The molecule has 4 aromatic rings. The molecule has 12 heteroatoms. The van der Waals surface area contributed by atoms with Crippen molar-refractivity contribution in [1.82, 2.24) is 25.5 Å². The van der Waals surface area contributed by atoms with Crippen LogP contribution in [0.15, 0.2) is 44.6 Å². The maximum absolute atomic E-state index is 12.9. The van der Waals surface area contributed by atoms with Gasteiger partial charge in [-0.2, -0.15) is 0 Å². The summed E-state index contributed by atoms with van der Waals surface area (Å²) in [6.07, 6.45) is 13.6. The number of pyridine rings is 2. The highest BCUT2D eigenvalue weighted by atomic mass is 32.1. The lowest BCUT2D eigenvalue weighted by Crippen LogP contribution is -2.32. The molecule has 2 aliphatic carbocycles. The largest absolute Gasteiger partial charge is 0.348 e. The van der Waals surface area contributed by atoms with Gasteiger partial charge in [0.05, 0.1) is 11.1 Å². The predicted molar refractivity (Wildman–Crippen MR) is 250 cm³/mol. The number of carbonyl (C=O) groups excluding carboxylic acids is 2. The Balaban J connectivity index is 0.000000228. The van der Waals surface area contributed by atoms with Crippen LogP contribution in [-0.4, -0.2) is 52.9 Å². The van der Waals surface area contributed by atoms with E-state index in [1.54, 1.807) is 22.7 Å². The predicted octanol–water partition coefficient (Wildman–Crippen LogP) is 9.03. The molecule has 6 rings (SSSR count). The zero-order valence-corrected chi connectivity index (χ0v) is 39.0. The molecule has 0 aliphatic heterocycles. The summed E-state index contributed by atoms with van der Waals surface area (Å²) < 4.78 is 0. The van der Waals surface area contributed by atoms with E-state index in [2.05, 4.69) is 65.6 Å². The summed E-state index contributed by atoms with van der Waals surface area (Å²) >= 11 is 3.29. The molecule has 0 atom stereocenters. The SMILES string of the molecule is C/C=C(/c1scc(C(=O)NCc2c(C)cc(C)[nH]c2=O)c1C)C1CCC(N(C)C)CC1.C/C=C(/c1scc(C(=O)NCc2c(C)cc(C)[nH]c2=O)c1C)C1CCC(N)CC1. The van der Waals surface area contributed by atoms with E-state index in [1.807, 2.05) is 64.4 Å². The van der Waals surface area contributed by atoms with Gasteiger partial charge in [-0.1, -0.05) is 12.2 Å². The molecule has 2 saturated carbocycles. The van der Waals surface area contributed by atoms with E-state index in [0.717, 1.165) is 59.3 Å². The molecule has 10 nitrogen and oxygen atoms in total. The standard InChI is InChI=1S/C25H35N3O2S.C23H31N3O2S/c1-7-20(18-8-10-19(11-9-18)28(5)6)23-17(4)22(14-31-23)24(29)26-13-21-15(2)12-16(3)27-25(21)30;1-5-18(16-6-8-17(24)9-7-16)21-15(4)20(12-29-21)22(27)25-11-19-13(2)10-14(3)26-23(19)28/h7,12,14,18-19H,8-11,13H2,1-6H3,(H,26,29)(H,27,30);5,10,12,16-17H,6-9,11,24H2,1-4H3,(H,25,27)(H,26,28)/b20-7+;18-5+. The first-order valence-corrected chi connectivity index (χ1v) is 23.2. The first-order valence-electron chi connectivity index (χ1n) is 21.4. The number of H-pyrrole nitrogens is 2. The minimum absolute atomic E-state index is 0.119. The lowest BCUT2D eigenvalue weighted by molar-refractivity contribution is 0.0942. The number of aryl methyl sites for hydroxylation is 4. The van der Waals surface area contributed by atoms with Crippen molar-refractivity contribution in [1.29, 1.82) is 0 Å². The van der Waals surface area contributed by atoms with E-state index in [1.165, 1.54) is 46.6 Å². The van der Waals surface area contributed by atoms with Crippen LogP contribution in [0.1, 0.15) is 140 Å². The summed E-state index contributed by atoms with van der Waals surface area (Å²) in [5, 5.41) is 9.77. The van der Waals surface area contributed by atoms with Gasteiger partial charge >= 0.3 is 0 Å². The van der Waals surface area contributed by atoms with Crippen LogP contribution >= 0.6 is 22.7 Å². The van der Waals surface area contributed by atoms with Crippen molar-refractivity contribution in [3.63, 3.8) is 0 Å². The zero-order valence-electron chi connectivity index (χ0n) is 37.3. The average Bonchev–Trinajstić information content (AvgIpc) is 3.77. The number of hydrogen-bond acceptors (Lipinski definition) is 8. The van der Waals surface area contributed by atoms with Crippen molar-refractivity contribution in [2.45, 2.75) is 132 Å². The molecule has 0 unspecified atom stereocenters. The van der Waals surface area contributed by atoms with Gasteiger partial charge in [0.25, 0.3) is 22.9 Å². The van der Waals surface area contributed by atoms with Gasteiger partial charge in [0.1, 0.15) is 0 Å². The molecule has 0 bridgehead atoms. The van der Waals surface area contributed by atoms with Gasteiger partial charge in [0.15, 0.2) is 0 Å². The van der Waals surface area contributed by atoms with E-state index in [9.17, 15) is 19.2 Å². The lowest BCUT2D eigenvalue weighted by Gasteiger charge is -2.33. The van der Waals surface area contributed by atoms with Gasteiger partial charge in [0, 0.05) is 68.2 Å². The molecule has 0 saturated heterocycles. The van der Waals surface area contributed by atoms with Gasteiger partial charge < -0.3 is 31.2 Å². The molecule has 4 heterocycles. The Bertz CT molecular complexity index is 2330. The fourth-order valence-electron chi connectivity index (χ4n) is 9.02. The van der Waals surface area contributed by atoms with Crippen LogP contribution in [0.4, 0.5) is 0 Å². The Hall–Kier alpha value is -4.36. The van der Waals surface area contributed by atoms with Gasteiger partial charge in [0.2, 0.25) is 0 Å². The number of hydrogen-bond donors (Lipinski definition) is 5. The molecule has 60 heavy (non-hydrogen) atoms. The van der Waals surface area contributed by atoms with Gasteiger partial charge in [-0.3, -0.25) is 19.2 Å². The van der Waals surface area contributed by atoms with E-state index in [4.69, 9.17) is 5.73 Å². The molecule has 324 valence electrons. The fraction of sp³-hybridized carbons (Fsp3) is 0.500. The molecule has 2 fully saturated rings. The topological polar surface area (TPSA) is 153 Å². The summed E-state index contributed by atoms with van der Waals surface area (Å²) in [6, 6.07) is 4.85. The molecular weight excluding hydrogens is 789 g/mol. The van der Waals surface area contributed by atoms with Crippen LogP contribution in [0.25, 0.3) is 11.1 Å². The van der Waals surface area contributed by atoms with Crippen molar-refractivity contribution >= 4 is 45.6 Å².